The summed E-state index contributed by atoms with van der Waals surface area (Å²) < 4.78 is 24.8. The maximum Gasteiger partial charge on any atom is 0.233 e. The van der Waals surface area contributed by atoms with Gasteiger partial charge in [-0.15, -0.1) is 24.2 Å². The molecule has 1 heterocycles. The van der Waals surface area contributed by atoms with E-state index in [0.29, 0.717) is 16.2 Å². The van der Waals surface area contributed by atoms with E-state index in [1.165, 1.54) is 11.8 Å². The first-order valence-electron chi connectivity index (χ1n) is 8.43. The van der Waals surface area contributed by atoms with E-state index in [0.717, 1.165) is 25.9 Å². The molecule has 0 saturated carbocycles. The van der Waals surface area contributed by atoms with Crippen molar-refractivity contribution in [3.8, 4) is 0 Å². The molecule has 8 heteroatoms. The molecule has 0 radical (unpaired) electrons. The summed E-state index contributed by atoms with van der Waals surface area (Å²) in [6.07, 6.45) is 2.62. The fraction of sp³-hybridized carbons (Fsp3) is 0.588. The van der Waals surface area contributed by atoms with E-state index in [-0.39, 0.29) is 35.4 Å². The quantitative estimate of drug-likeness (QED) is 0.681. The number of piperidine rings is 1. The van der Waals surface area contributed by atoms with Gasteiger partial charge in [0.25, 0.3) is 0 Å². The average Bonchev–Trinajstić information content (AvgIpc) is 2.56. The molecule has 1 aliphatic rings. The highest BCUT2D eigenvalue weighted by atomic mass is 35.5. The van der Waals surface area contributed by atoms with Crippen LogP contribution in [0.1, 0.15) is 33.1 Å². The van der Waals surface area contributed by atoms with Gasteiger partial charge in [0.05, 0.1) is 15.9 Å². The highest BCUT2D eigenvalue weighted by Crippen LogP contribution is 2.30. The van der Waals surface area contributed by atoms with Gasteiger partial charge < -0.3 is 10.6 Å². The fourth-order valence-electron chi connectivity index (χ4n) is 2.72. The van der Waals surface area contributed by atoms with Crippen LogP contribution in [0.3, 0.4) is 0 Å². The summed E-state index contributed by atoms with van der Waals surface area (Å²) in [5, 5.41) is 5.98. The van der Waals surface area contributed by atoms with Crippen molar-refractivity contribution >= 4 is 39.9 Å². The second kappa shape index (κ2) is 10.4. The lowest BCUT2D eigenvalue weighted by atomic mass is 10.1. The van der Waals surface area contributed by atoms with Gasteiger partial charge in [0.1, 0.15) is 0 Å². The Morgan fingerprint density at radius 1 is 1.40 bits per heavy atom. The average molecular weight is 407 g/mol. The molecular formula is C17H27ClN2O3S2. The summed E-state index contributed by atoms with van der Waals surface area (Å²) in [7, 11) is -3.30. The van der Waals surface area contributed by atoms with Gasteiger partial charge in [-0.05, 0) is 44.9 Å². The Hall–Kier alpha value is -0.760. The number of carbonyl (C=O) groups excluding carboxylic acids is 1. The zero-order chi connectivity index (χ0) is 17.6. The lowest BCUT2D eigenvalue weighted by molar-refractivity contribution is -0.121. The maximum atomic E-state index is 12.4. The number of sulfone groups is 1. The molecule has 25 heavy (non-hydrogen) atoms. The molecule has 142 valence electrons. The number of amides is 1. The summed E-state index contributed by atoms with van der Waals surface area (Å²) in [5.74, 6) is 0.0789. The molecule has 5 nitrogen and oxygen atoms in total. The Morgan fingerprint density at radius 2 is 2.12 bits per heavy atom. The smallest absolute Gasteiger partial charge is 0.233 e. The standard InChI is InChI=1S/C17H26N2O3S2.ClH/c1-3-11-24(21,22)16-9-5-4-8-15(16)23-13(2)17(20)19-14-7-6-10-18-12-14;/h4-5,8-9,13-14,18H,3,6-7,10-12H2,1-2H3,(H,19,20);1H. The summed E-state index contributed by atoms with van der Waals surface area (Å²) in [4.78, 5) is 13.4. The van der Waals surface area contributed by atoms with E-state index in [9.17, 15) is 13.2 Å². The molecule has 2 rings (SSSR count). The number of carbonyl (C=O) groups is 1. The van der Waals surface area contributed by atoms with Gasteiger partial charge in [-0.1, -0.05) is 19.1 Å². The minimum absolute atomic E-state index is 0. The number of thioether (sulfide) groups is 1. The summed E-state index contributed by atoms with van der Waals surface area (Å²) in [5.41, 5.74) is 0. The second-order valence-corrected chi connectivity index (χ2v) is 9.54. The van der Waals surface area contributed by atoms with Crippen LogP contribution < -0.4 is 10.6 Å². The van der Waals surface area contributed by atoms with E-state index in [1.54, 1.807) is 18.2 Å². The van der Waals surface area contributed by atoms with Gasteiger partial charge in [-0.2, -0.15) is 0 Å². The molecule has 0 aliphatic carbocycles. The minimum Gasteiger partial charge on any atom is -0.351 e. The number of rotatable bonds is 7. The topological polar surface area (TPSA) is 75.3 Å². The van der Waals surface area contributed by atoms with Crippen molar-refractivity contribution in [1.82, 2.24) is 10.6 Å². The van der Waals surface area contributed by atoms with Gasteiger partial charge in [0.2, 0.25) is 5.91 Å². The van der Waals surface area contributed by atoms with Gasteiger partial charge >= 0.3 is 0 Å². The molecule has 1 aromatic rings. The van der Waals surface area contributed by atoms with Crippen molar-refractivity contribution in [3.63, 3.8) is 0 Å². The van der Waals surface area contributed by atoms with Crippen LogP contribution in [0.25, 0.3) is 0 Å². The van der Waals surface area contributed by atoms with Crippen molar-refractivity contribution in [2.24, 2.45) is 0 Å². The van der Waals surface area contributed by atoms with Crippen LogP contribution in [0.15, 0.2) is 34.1 Å². The van der Waals surface area contributed by atoms with Crippen LogP contribution >= 0.6 is 24.2 Å². The van der Waals surface area contributed by atoms with Crippen LogP contribution in [0.4, 0.5) is 0 Å². The van der Waals surface area contributed by atoms with Crippen molar-refractivity contribution in [2.75, 3.05) is 18.8 Å². The third kappa shape index (κ3) is 6.47. The molecular weight excluding hydrogens is 380 g/mol. The van der Waals surface area contributed by atoms with Gasteiger partial charge in [0.15, 0.2) is 9.84 Å². The fourth-order valence-corrected chi connectivity index (χ4v) is 5.56. The van der Waals surface area contributed by atoms with Crippen molar-refractivity contribution in [1.29, 1.82) is 0 Å². The number of halogens is 1. The van der Waals surface area contributed by atoms with Crippen molar-refractivity contribution in [2.45, 2.75) is 54.2 Å². The molecule has 1 aliphatic heterocycles. The molecule has 0 spiro atoms. The third-order valence-electron chi connectivity index (χ3n) is 3.97. The van der Waals surface area contributed by atoms with E-state index in [4.69, 9.17) is 0 Å². The highest BCUT2D eigenvalue weighted by Gasteiger charge is 2.23. The molecule has 1 fully saturated rings. The first kappa shape index (κ1) is 22.3. The largest absolute Gasteiger partial charge is 0.351 e. The molecule has 1 aromatic carbocycles. The Bertz CT molecular complexity index is 662. The third-order valence-corrected chi connectivity index (χ3v) is 7.25. The van der Waals surface area contributed by atoms with Crippen LogP contribution in [0.5, 0.6) is 0 Å². The van der Waals surface area contributed by atoms with Crippen LogP contribution in [0.2, 0.25) is 0 Å². The second-order valence-electron chi connectivity index (χ2n) is 6.08. The van der Waals surface area contributed by atoms with E-state index >= 15 is 0 Å². The Kier molecular flexibility index (Phi) is 9.27. The van der Waals surface area contributed by atoms with Crippen LogP contribution in [-0.4, -0.2) is 44.5 Å². The van der Waals surface area contributed by atoms with Gasteiger partial charge in [-0.25, -0.2) is 8.42 Å². The summed E-state index contributed by atoms with van der Waals surface area (Å²) in [6, 6.07) is 7.10. The molecule has 0 bridgehead atoms. The Balaban J connectivity index is 0.00000312. The first-order chi connectivity index (χ1) is 11.4. The molecule has 0 aromatic heterocycles. The molecule has 1 amide bonds. The molecule has 2 unspecified atom stereocenters. The van der Waals surface area contributed by atoms with Gasteiger partial charge in [0, 0.05) is 17.5 Å². The lowest BCUT2D eigenvalue weighted by Crippen LogP contribution is -2.47. The monoisotopic (exact) mass is 406 g/mol. The zero-order valence-electron chi connectivity index (χ0n) is 14.7. The number of hydrogen-bond acceptors (Lipinski definition) is 5. The van der Waals surface area contributed by atoms with E-state index < -0.39 is 9.84 Å². The van der Waals surface area contributed by atoms with Crippen LogP contribution in [-0.2, 0) is 14.6 Å². The highest BCUT2D eigenvalue weighted by molar-refractivity contribution is 8.01. The van der Waals surface area contributed by atoms with Gasteiger partial charge in [-0.3, -0.25) is 4.79 Å². The molecule has 2 atom stereocenters. The molecule has 2 N–H and O–H groups in total. The summed E-state index contributed by atoms with van der Waals surface area (Å²) >= 11 is 1.31. The summed E-state index contributed by atoms with van der Waals surface area (Å²) in [6.45, 7) is 5.46. The Morgan fingerprint density at radius 3 is 2.76 bits per heavy atom. The number of hydrogen-bond donors (Lipinski definition) is 2. The Labute approximate surface area is 161 Å². The SMILES string of the molecule is CCCS(=O)(=O)c1ccccc1SC(C)C(=O)NC1CCCNC1.Cl. The van der Waals surface area contributed by atoms with E-state index in [2.05, 4.69) is 10.6 Å². The predicted molar refractivity (Wildman–Crippen MR) is 105 cm³/mol. The normalized spacial score (nSPS) is 18.9. The zero-order valence-corrected chi connectivity index (χ0v) is 17.1. The van der Waals surface area contributed by atoms with E-state index in [1.807, 2.05) is 19.9 Å². The van der Waals surface area contributed by atoms with Crippen LogP contribution in [0, 0.1) is 0 Å². The predicted octanol–water partition coefficient (Wildman–Crippen LogP) is 2.64. The maximum absolute atomic E-state index is 12.4. The minimum atomic E-state index is -3.30. The first-order valence-corrected chi connectivity index (χ1v) is 11.0. The number of benzene rings is 1. The van der Waals surface area contributed by atoms with Crippen molar-refractivity contribution < 1.29 is 13.2 Å². The van der Waals surface area contributed by atoms with Crippen molar-refractivity contribution in [3.05, 3.63) is 24.3 Å². The lowest BCUT2D eigenvalue weighted by Gasteiger charge is -2.25. The number of nitrogens with one attached hydrogen (secondary N) is 2. The molecule has 1 saturated heterocycles.